The molecular formula is C9H14O2. The van der Waals surface area contributed by atoms with Crippen LogP contribution in [0.25, 0.3) is 0 Å². The van der Waals surface area contributed by atoms with Crippen molar-refractivity contribution >= 4 is 11.6 Å². The Balaban J connectivity index is 2.96. The second kappa shape index (κ2) is 2.43. The lowest BCUT2D eigenvalue weighted by atomic mass is 9.83. The van der Waals surface area contributed by atoms with E-state index in [0.717, 1.165) is 0 Å². The summed E-state index contributed by atoms with van der Waals surface area (Å²) in [6.07, 6.45) is 1.10. The first-order chi connectivity index (χ1) is 5.02. The van der Waals surface area contributed by atoms with Crippen LogP contribution in [0.5, 0.6) is 0 Å². The second-order valence-electron chi connectivity index (χ2n) is 3.58. The highest BCUT2D eigenvalue weighted by atomic mass is 16.2. The van der Waals surface area contributed by atoms with Gasteiger partial charge in [0.2, 0.25) is 0 Å². The summed E-state index contributed by atoms with van der Waals surface area (Å²) >= 11 is 0. The molecule has 11 heavy (non-hydrogen) atoms. The van der Waals surface area contributed by atoms with Crippen molar-refractivity contribution in [3.05, 3.63) is 0 Å². The van der Waals surface area contributed by atoms with Crippen LogP contribution in [0.15, 0.2) is 0 Å². The third kappa shape index (κ3) is 1.01. The summed E-state index contributed by atoms with van der Waals surface area (Å²) in [5, 5.41) is 0. The zero-order valence-corrected chi connectivity index (χ0v) is 7.31. The minimum Gasteiger partial charge on any atom is -0.299 e. The monoisotopic (exact) mass is 154 g/mol. The number of hydrogen-bond acceptors (Lipinski definition) is 2. The lowest BCUT2D eigenvalue weighted by molar-refractivity contribution is -0.134. The van der Waals surface area contributed by atoms with Crippen molar-refractivity contribution in [3.63, 3.8) is 0 Å². The summed E-state index contributed by atoms with van der Waals surface area (Å²) in [6.45, 7) is 5.50. The summed E-state index contributed by atoms with van der Waals surface area (Å²) < 4.78 is 0. The summed E-state index contributed by atoms with van der Waals surface area (Å²) in [6, 6.07) is 0. The van der Waals surface area contributed by atoms with Crippen LogP contribution in [-0.4, -0.2) is 11.6 Å². The molecule has 0 bridgehead atoms. The highest BCUT2D eigenvalue weighted by molar-refractivity contribution is 6.13. The van der Waals surface area contributed by atoms with Crippen molar-refractivity contribution in [2.45, 2.75) is 33.6 Å². The molecular weight excluding hydrogens is 140 g/mol. The number of rotatable bonds is 1. The Bertz CT molecular complexity index is 208. The summed E-state index contributed by atoms with van der Waals surface area (Å²) in [7, 11) is 0. The molecule has 1 saturated carbocycles. The van der Waals surface area contributed by atoms with Gasteiger partial charge in [0.25, 0.3) is 0 Å². The molecule has 0 saturated heterocycles. The molecule has 1 rings (SSSR count). The van der Waals surface area contributed by atoms with E-state index < -0.39 is 5.41 Å². The fraction of sp³-hybridized carbons (Fsp3) is 0.778. The maximum Gasteiger partial charge on any atom is 0.149 e. The van der Waals surface area contributed by atoms with Gasteiger partial charge >= 0.3 is 0 Å². The van der Waals surface area contributed by atoms with Crippen LogP contribution in [0.4, 0.5) is 0 Å². The molecule has 0 heterocycles. The van der Waals surface area contributed by atoms with Crippen molar-refractivity contribution in [1.29, 1.82) is 0 Å². The van der Waals surface area contributed by atoms with Crippen molar-refractivity contribution in [1.82, 2.24) is 0 Å². The van der Waals surface area contributed by atoms with Crippen LogP contribution >= 0.6 is 0 Å². The van der Waals surface area contributed by atoms with Crippen molar-refractivity contribution < 1.29 is 9.59 Å². The molecule has 0 aromatic rings. The Morgan fingerprint density at radius 3 is 2.27 bits per heavy atom. The van der Waals surface area contributed by atoms with Crippen molar-refractivity contribution in [2.75, 3.05) is 0 Å². The van der Waals surface area contributed by atoms with Gasteiger partial charge in [-0.05, 0) is 13.3 Å². The van der Waals surface area contributed by atoms with Gasteiger partial charge in [-0.1, -0.05) is 13.8 Å². The Hall–Kier alpha value is -0.660. The quantitative estimate of drug-likeness (QED) is 0.537. The summed E-state index contributed by atoms with van der Waals surface area (Å²) in [4.78, 5) is 22.8. The predicted molar refractivity (Wildman–Crippen MR) is 42.2 cm³/mol. The fourth-order valence-electron chi connectivity index (χ4n) is 1.65. The highest BCUT2D eigenvalue weighted by Crippen LogP contribution is 2.37. The third-order valence-corrected chi connectivity index (χ3v) is 2.81. The van der Waals surface area contributed by atoms with E-state index >= 15 is 0 Å². The van der Waals surface area contributed by atoms with Crippen LogP contribution < -0.4 is 0 Å². The molecule has 1 aliphatic carbocycles. The molecule has 0 aromatic heterocycles. The van der Waals surface area contributed by atoms with Crippen LogP contribution in [0.1, 0.15) is 33.6 Å². The number of ketones is 2. The van der Waals surface area contributed by atoms with Gasteiger partial charge in [-0.2, -0.15) is 0 Å². The van der Waals surface area contributed by atoms with E-state index in [1.807, 2.05) is 13.8 Å². The van der Waals surface area contributed by atoms with E-state index in [0.29, 0.717) is 12.8 Å². The van der Waals surface area contributed by atoms with E-state index in [9.17, 15) is 9.59 Å². The number of carbonyl (C=O) groups excluding carboxylic acids is 2. The highest BCUT2D eigenvalue weighted by Gasteiger charge is 2.47. The van der Waals surface area contributed by atoms with E-state index in [4.69, 9.17) is 0 Å². The Morgan fingerprint density at radius 2 is 2.09 bits per heavy atom. The molecule has 0 amide bonds. The van der Waals surface area contributed by atoms with E-state index in [2.05, 4.69) is 0 Å². The molecule has 0 spiro atoms. The van der Waals surface area contributed by atoms with Gasteiger partial charge in [0.1, 0.15) is 11.6 Å². The Labute approximate surface area is 67.0 Å². The van der Waals surface area contributed by atoms with Crippen molar-refractivity contribution in [3.8, 4) is 0 Å². The lowest BCUT2D eigenvalue weighted by Gasteiger charge is -2.17. The molecule has 1 aliphatic rings. The molecule has 2 heteroatoms. The first-order valence-corrected chi connectivity index (χ1v) is 4.10. The number of Topliss-reactive ketones (excluding diaryl/α,β-unsaturated/α-hetero) is 2. The molecule has 1 fully saturated rings. The van der Waals surface area contributed by atoms with Crippen LogP contribution in [0.3, 0.4) is 0 Å². The zero-order chi connectivity index (χ0) is 8.65. The largest absolute Gasteiger partial charge is 0.299 e. The smallest absolute Gasteiger partial charge is 0.149 e. The van der Waals surface area contributed by atoms with Crippen molar-refractivity contribution in [2.24, 2.45) is 11.3 Å². The minimum atomic E-state index is -0.653. The first kappa shape index (κ1) is 8.44. The minimum absolute atomic E-state index is 0.0487. The van der Waals surface area contributed by atoms with Gasteiger partial charge in [-0.25, -0.2) is 0 Å². The number of hydrogen-bond donors (Lipinski definition) is 0. The third-order valence-electron chi connectivity index (χ3n) is 2.81. The maximum absolute atomic E-state index is 11.4. The van der Waals surface area contributed by atoms with Gasteiger partial charge in [-0.15, -0.1) is 0 Å². The average Bonchev–Trinajstić information content (AvgIpc) is 2.16. The van der Waals surface area contributed by atoms with Gasteiger partial charge in [0, 0.05) is 12.3 Å². The summed E-state index contributed by atoms with van der Waals surface area (Å²) in [5.74, 6) is 0.204. The second-order valence-corrected chi connectivity index (χ2v) is 3.58. The fourth-order valence-corrected chi connectivity index (χ4v) is 1.65. The van der Waals surface area contributed by atoms with Gasteiger partial charge in [0.15, 0.2) is 0 Å². The molecule has 0 aliphatic heterocycles. The molecule has 0 aromatic carbocycles. The molecule has 0 N–H and O–H groups in total. The van der Waals surface area contributed by atoms with Crippen LogP contribution in [0.2, 0.25) is 0 Å². The van der Waals surface area contributed by atoms with E-state index in [-0.39, 0.29) is 17.5 Å². The predicted octanol–water partition coefficient (Wildman–Crippen LogP) is 1.58. The Kier molecular flexibility index (Phi) is 1.87. The first-order valence-electron chi connectivity index (χ1n) is 4.10. The molecule has 0 radical (unpaired) electrons. The van der Waals surface area contributed by atoms with Gasteiger partial charge in [0.05, 0.1) is 5.41 Å². The molecule has 2 atom stereocenters. The SMILES string of the molecule is CCC1(C)C(=O)CC(C)C1=O. The van der Waals surface area contributed by atoms with E-state index in [1.54, 1.807) is 6.92 Å². The number of carbonyl (C=O) groups is 2. The van der Waals surface area contributed by atoms with Gasteiger partial charge in [-0.3, -0.25) is 9.59 Å². The normalized spacial score (nSPS) is 38.3. The molecule has 62 valence electrons. The lowest BCUT2D eigenvalue weighted by Crippen LogP contribution is -2.29. The van der Waals surface area contributed by atoms with E-state index in [1.165, 1.54) is 0 Å². The van der Waals surface area contributed by atoms with Crippen LogP contribution in [-0.2, 0) is 9.59 Å². The van der Waals surface area contributed by atoms with Crippen LogP contribution in [0, 0.1) is 11.3 Å². The molecule has 2 nitrogen and oxygen atoms in total. The zero-order valence-electron chi connectivity index (χ0n) is 7.31. The maximum atomic E-state index is 11.4. The summed E-state index contributed by atoms with van der Waals surface area (Å²) in [5.41, 5.74) is -0.653. The topological polar surface area (TPSA) is 34.1 Å². The Morgan fingerprint density at radius 1 is 1.55 bits per heavy atom. The molecule has 2 unspecified atom stereocenters. The standard InChI is InChI=1S/C9H14O2/c1-4-9(3)7(10)5-6(2)8(9)11/h6H,4-5H2,1-3H3. The van der Waals surface area contributed by atoms with Gasteiger partial charge < -0.3 is 0 Å². The average molecular weight is 154 g/mol.